The summed E-state index contributed by atoms with van der Waals surface area (Å²) >= 11 is 1.60. The van der Waals surface area contributed by atoms with Crippen LogP contribution in [0.3, 0.4) is 0 Å². The number of benzene rings is 1. The number of carbonyl (C=O) groups excluding carboxylic acids is 2. The van der Waals surface area contributed by atoms with Crippen LogP contribution in [0.2, 0.25) is 0 Å². The molecule has 0 aliphatic carbocycles. The molecule has 2 heterocycles. The molecule has 1 atom stereocenters. The average Bonchev–Trinajstić information content (AvgIpc) is 3.38. The number of likely N-dealkylation sites (N-methyl/N-ethyl adjacent to an activating group) is 1. The summed E-state index contributed by atoms with van der Waals surface area (Å²) in [6.07, 6.45) is 0. The molecule has 2 amide bonds. The van der Waals surface area contributed by atoms with Crippen molar-refractivity contribution in [2.75, 3.05) is 25.0 Å². The minimum absolute atomic E-state index is 0.0793. The summed E-state index contributed by atoms with van der Waals surface area (Å²) in [7, 11) is 0. The van der Waals surface area contributed by atoms with E-state index in [2.05, 4.69) is 15.8 Å². The number of hydrogen-bond donors (Lipinski definition) is 3. The highest BCUT2D eigenvalue weighted by Gasteiger charge is 2.18. The number of nitrogens with zero attached hydrogens (tertiary/aromatic N) is 1. The van der Waals surface area contributed by atoms with Crippen molar-refractivity contribution in [1.82, 2.24) is 10.5 Å². The van der Waals surface area contributed by atoms with Crippen LogP contribution in [0.15, 0.2) is 52.4 Å². The molecule has 0 bridgehead atoms. The Kier molecular flexibility index (Phi) is 7.15. The Bertz CT molecular complexity index is 935. The number of amides is 2. The van der Waals surface area contributed by atoms with Crippen molar-refractivity contribution in [2.45, 2.75) is 20.4 Å². The van der Waals surface area contributed by atoms with E-state index in [0.717, 1.165) is 20.9 Å². The third-order valence-corrected chi connectivity index (χ3v) is 5.36. The Hall–Kier alpha value is -2.97. The Morgan fingerprint density at radius 2 is 1.90 bits per heavy atom. The number of quaternary nitrogens is 1. The molecule has 3 N–H and O–H groups in total. The first kappa shape index (κ1) is 20.8. The summed E-state index contributed by atoms with van der Waals surface area (Å²) in [5.74, 6) is -0.00735. The van der Waals surface area contributed by atoms with E-state index >= 15 is 0 Å². The maximum absolute atomic E-state index is 12.3. The van der Waals surface area contributed by atoms with Gasteiger partial charge in [0.15, 0.2) is 13.1 Å². The quantitative estimate of drug-likeness (QED) is 0.500. The minimum atomic E-state index is -0.223. The third kappa shape index (κ3) is 6.27. The number of aromatic nitrogens is 1. The Labute approximate surface area is 173 Å². The van der Waals surface area contributed by atoms with Gasteiger partial charge in [-0.2, -0.15) is 0 Å². The largest absolute Gasteiger partial charge is 0.346 e. The van der Waals surface area contributed by atoms with Crippen LogP contribution in [0.5, 0.6) is 0 Å². The van der Waals surface area contributed by atoms with Gasteiger partial charge in [-0.1, -0.05) is 41.1 Å². The molecule has 8 heteroatoms. The van der Waals surface area contributed by atoms with E-state index in [4.69, 9.17) is 4.52 Å². The first-order valence-electron chi connectivity index (χ1n) is 9.49. The van der Waals surface area contributed by atoms with E-state index in [1.165, 1.54) is 0 Å². The van der Waals surface area contributed by atoms with Gasteiger partial charge >= 0.3 is 0 Å². The molecular formula is C21H25N4O3S+. The lowest BCUT2D eigenvalue weighted by atomic mass is 10.1. The topological polar surface area (TPSA) is 88.7 Å². The summed E-state index contributed by atoms with van der Waals surface area (Å²) < 4.78 is 5.23. The van der Waals surface area contributed by atoms with Crippen LogP contribution in [0.1, 0.15) is 17.4 Å². The van der Waals surface area contributed by atoms with Crippen LogP contribution in [0, 0.1) is 6.92 Å². The van der Waals surface area contributed by atoms with Gasteiger partial charge in [0.25, 0.3) is 11.8 Å². The summed E-state index contributed by atoms with van der Waals surface area (Å²) in [5.41, 5.74) is 2.74. The number of carbonyl (C=O) groups is 2. The van der Waals surface area contributed by atoms with Crippen molar-refractivity contribution in [1.29, 1.82) is 0 Å². The summed E-state index contributed by atoms with van der Waals surface area (Å²) in [5, 5.41) is 11.6. The smallest absolute Gasteiger partial charge is 0.281 e. The van der Waals surface area contributed by atoms with Crippen LogP contribution >= 0.6 is 11.3 Å². The van der Waals surface area contributed by atoms with E-state index in [1.54, 1.807) is 17.4 Å². The lowest BCUT2D eigenvalue weighted by Gasteiger charge is -2.16. The number of thiophene rings is 1. The van der Waals surface area contributed by atoms with Crippen molar-refractivity contribution in [2.24, 2.45) is 0 Å². The maximum atomic E-state index is 12.3. The number of aryl methyl sites for hydroxylation is 1. The van der Waals surface area contributed by atoms with Crippen molar-refractivity contribution >= 4 is 29.0 Å². The zero-order valence-electron chi connectivity index (χ0n) is 16.5. The predicted octanol–water partition coefficient (Wildman–Crippen LogP) is 1.87. The molecule has 0 saturated heterocycles. The van der Waals surface area contributed by atoms with Crippen molar-refractivity contribution in [3.05, 3.63) is 58.3 Å². The fraction of sp³-hybridized carbons (Fsp3) is 0.286. The first-order valence-corrected chi connectivity index (χ1v) is 10.4. The monoisotopic (exact) mass is 413 g/mol. The van der Waals surface area contributed by atoms with E-state index in [0.29, 0.717) is 24.7 Å². The zero-order valence-corrected chi connectivity index (χ0v) is 17.3. The highest BCUT2D eigenvalue weighted by Crippen LogP contribution is 2.21. The molecule has 1 aromatic carbocycles. The molecule has 3 aromatic rings. The van der Waals surface area contributed by atoms with Gasteiger partial charge in [-0.05, 0) is 25.3 Å². The van der Waals surface area contributed by atoms with Crippen LogP contribution in [-0.4, -0.2) is 36.6 Å². The van der Waals surface area contributed by atoms with Gasteiger partial charge in [-0.3, -0.25) is 14.9 Å². The molecule has 0 spiro atoms. The lowest BCUT2D eigenvalue weighted by molar-refractivity contribution is -0.881. The lowest BCUT2D eigenvalue weighted by Crippen LogP contribution is -3.13. The van der Waals surface area contributed by atoms with Gasteiger partial charge in [0, 0.05) is 16.5 Å². The molecular weight excluding hydrogens is 388 g/mol. The SMILES string of the molecule is CC[NH+](CC(=O)NCc1cccs1)CC(=O)Nc1cc(-c2ccc(C)cc2)no1. The number of nitrogens with one attached hydrogen (secondary N) is 3. The highest BCUT2D eigenvalue weighted by molar-refractivity contribution is 7.09. The van der Waals surface area contributed by atoms with E-state index in [9.17, 15) is 9.59 Å². The molecule has 1 unspecified atom stereocenters. The normalized spacial score (nSPS) is 11.8. The maximum Gasteiger partial charge on any atom is 0.281 e. The molecule has 3 rings (SSSR count). The zero-order chi connectivity index (χ0) is 20.6. The first-order chi connectivity index (χ1) is 14.0. The molecule has 0 radical (unpaired) electrons. The van der Waals surface area contributed by atoms with E-state index in [-0.39, 0.29) is 24.9 Å². The molecule has 0 aliphatic heterocycles. The summed E-state index contributed by atoms with van der Waals surface area (Å²) in [6.45, 7) is 5.54. The van der Waals surface area contributed by atoms with Gasteiger partial charge in [-0.15, -0.1) is 11.3 Å². The second-order valence-electron chi connectivity index (χ2n) is 6.80. The average molecular weight is 414 g/mol. The fourth-order valence-corrected chi connectivity index (χ4v) is 3.45. The molecule has 2 aromatic heterocycles. The predicted molar refractivity (Wildman–Crippen MR) is 113 cm³/mol. The van der Waals surface area contributed by atoms with Crippen LogP contribution in [0.25, 0.3) is 11.3 Å². The number of hydrogen-bond acceptors (Lipinski definition) is 5. The van der Waals surface area contributed by atoms with E-state index < -0.39 is 0 Å². The molecule has 0 fully saturated rings. The van der Waals surface area contributed by atoms with Gasteiger partial charge in [0.05, 0.1) is 13.1 Å². The summed E-state index contributed by atoms with van der Waals surface area (Å²) in [6, 6.07) is 13.5. The fourth-order valence-electron chi connectivity index (χ4n) is 2.80. The highest BCUT2D eigenvalue weighted by atomic mass is 32.1. The van der Waals surface area contributed by atoms with Gasteiger partial charge in [-0.25, -0.2) is 0 Å². The Morgan fingerprint density at radius 3 is 2.59 bits per heavy atom. The van der Waals surface area contributed by atoms with Gasteiger partial charge < -0.3 is 14.7 Å². The van der Waals surface area contributed by atoms with Crippen LogP contribution in [0.4, 0.5) is 5.88 Å². The Morgan fingerprint density at radius 1 is 1.14 bits per heavy atom. The molecule has 7 nitrogen and oxygen atoms in total. The van der Waals surface area contributed by atoms with Crippen molar-refractivity contribution in [3.63, 3.8) is 0 Å². The van der Waals surface area contributed by atoms with E-state index in [1.807, 2.05) is 55.6 Å². The van der Waals surface area contributed by atoms with Crippen LogP contribution in [-0.2, 0) is 16.1 Å². The third-order valence-electron chi connectivity index (χ3n) is 4.48. The minimum Gasteiger partial charge on any atom is -0.346 e. The number of rotatable bonds is 9. The Balaban J connectivity index is 1.48. The molecule has 29 heavy (non-hydrogen) atoms. The second kappa shape index (κ2) is 9.99. The van der Waals surface area contributed by atoms with Crippen molar-refractivity contribution in [3.8, 4) is 11.3 Å². The van der Waals surface area contributed by atoms with Gasteiger partial charge in [0.1, 0.15) is 5.69 Å². The molecule has 0 aliphatic rings. The van der Waals surface area contributed by atoms with Gasteiger partial charge in [0.2, 0.25) is 5.88 Å². The summed E-state index contributed by atoms with van der Waals surface area (Å²) in [4.78, 5) is 26.5. The van der Waals surface area contributed by atoms with Crippen molar-refractivity contribution < 1.29 is 19.0 Å². The molecule has 0 saturated carbocycles. The standard InChI is InChI=1S/C21H24N4O3S/c1-3-25(13-19(26)22-12-17-5-4-10-29-17)14-20(27)23-21-11-18(24-28-21)16-8-6-15(2)7-9-16/h4-11H,3,12-14H2,1-2H3,(H,22,26)(H,23,27)/p+1. The molecule has 152 valence electrons. The second-order valence-corrected chi connectivity index (χ2v) is 7.84. The number of anilines is 1. The van der Waals surface area contributed by atoms with Crippen LogP contribution < -0.4 is 15.5 Å².